The number of fused-ring (bicyclic) bond motifs is 1. The molecule has 3 aromatic rings. The number of pyridine rings is 1. The summed E-state index contributed by atoms with van der Waals surface area (Å²) in [5.41, 5.74) is 2.61. The number of alkyl halides is 2. The maximum absolute atomic E-state index is 13.0. The lowest BCUT2D eigenvalue weighted by Crippen LogP contribution is -2.06. The maximum atomic E-state index is 13.0. The van der Waals surface area contributed by atoms with Crippen LogP contribution < -0.4 is 4.74 Å². The Bertz CT molecular complexity index is 1040. The molecule has 0 radical (unpaired) electrons. The highest BCUT2D eigenvalue weighted by atomic mass is 35.5. The van der Waals surface area contributed by atoms with E-state index in [1.807, 2.05) is 6.07 Å². The summed E-state index contributed by atoms with van der Waals surface area (Å²) in [6.07, 6.45) is 5.70. The van der Waals surface area contributed by atoms with E-state index in [4.69, 9.17) is 27.9 Å². The number of rotatable bonds is 5. The van der Waals surface area contributed by atoms with Crippen LogP contribution in [0.3, 0.4) is 0 Å². The van der Waals surface area contributed by atoms with Crippen LogP contribution >= 0.6 is 23.2 Å². The number of hydrogen-bond acceptors (Lipinski definition) is 4. The molecule has 5 rings (SSSR count). The summed E-state index contributed by atoms with van der Waals surface area (Å²) < 4.78 is 33.3. The van der Waals surface area contributed by atoms with Crippen LogP contribution in [0, 0.1) is 5.92 Å². The van der Waals surface area contributed by atoms with Crippen molar-refractivity contribution < 1.29 is 13.5 Å². The molecule has 0 saturated heterocycles. The molecule has 9 heteroatoms. The number of hydrogen-bond donors (Lipinski definition) is 0. The first kappa shape index (κ1) is 17.1. The van der Waals surface area contributed by atoms with Gasteiger partial charge in [-0.1, -0.05) is 23.2 Å². The summed E-state index contributed by atoms with van der Waals surface area (Å²) in [6, 6.07) is 3.58. The lowest BCUT2D eigenvalue weighted by atomic mass is 10.1. The molecule has 0 aromatic carbocycles. The Balaban J connectivity index is 1.37. The first-order valence-corrected chi connectivity index (χ1v) is 9.34. The summed E-state index contributed by atoms with van der Waals surface area (Å²) in [6.45, 7) is -0.0427. The second-order valence-corrected chi connectivity index (χ2v) is 7.87. The molecule has 3 atom stereocenters. The smallest absolute Gasteiger partial charge is 0.255 e. The van der Waals surface area contributed by atoms with Crippen molar-refractivity contribution in [3.8, 4) is 5.75 Å². The van der Waals surface area contributed by atoms with E-state index in [0.29, 0.717) is 15.9 Å². The Morgan fingerprint density at radius 3 is 2.81 bits per heavy atom. The highest BCUT2D eigenvalue weighted by Crippen LogP contribution is 2.55. The Morgan fingerprint density at radius 2 is 2.04 bits per heavy atom. The maximum Gasteiger partial charge on any atom is 0.255 e. The van der Waals surface area contributed by atoms with Gasteiger partial charge >= 0.3 is 0 Å². The molecule has 0 bridgehead atoms. The largest absolute Gasteiger partial charge is 0.491 e. The molecule has 0 aliphatic heterocycles. The van der Waals surface area contributed by atoms with Crippen molar-refractivity contribution in [1.82, 2.24) is 19.6 Å². The van der Waals surface area contributed by atoms with E-state index in [1.165, 1.54) is 6.20 Å². The molecule has 2 aliphatic carbocycles. The molecular weight excluding hydrogens is 397 g/mol. The van der Waals surface area contributed by atoms with Crippen LogP contribution in [0.4, 0.5) is 8.78 Å². The number of imidazole rings is 1. The van der Waals surface area contributed by atoms with Gasteiger partial charge in [0.05, 0.1) is 12.5 Å². The fourth-order valence-electron chi connectivity index (χ4n) is 3.44. The van der Waals surface area contributed by atoms with E-state index < -0.39 is 11.8 Å². The molecule has 3 heterocycles. The van der Waals surface area contributed by atoms with Crippen molar-refractivity contribution in [2.45, 2.75) is 30.6 Å². The zero-order valence-electron chi connectivity index (χ0n) is 13.9. The third-order valence-electron chi connectivity index (χ3n) is 5.16. The van der Waals surface area contributed by atoms with Crippen LogP contribution in [-0.2, 0) is 0 Å². The van der Waals surface area contributed by atoms with Crippen molar-refractivity contribution in [1.29, 1.82) is 0 Å². The van der Waals surface area contributed by atoms with Crippen LogP contribution in [0.15, 0.2) is 30.7 Å². The van der Waals surface area contributed by atoms with Gasteiger partial charge in [0.1, 0.15) is 15.9 Å². The molecule has 0 N–H and O–H groups in total. The standard InChI is InChI=1S/C18H14Cl2F2N4O/c19-13-7-24-14(5-15(13)27-8-9-6-18(9,21)22)11-3-10(11)12-4-16(20)25-26-2-1-23-17(12)26/h1-2,4-5,7,9-11H,3,6,8H2/t9?,10?,11-/m0/s1. The molecule has 140 valence electrons. The van der Waals surface area contributed by atoms with Gasteiger partial charge in [-0.3, -0.25) is 4.98 Å². The predicted octanol–water partition coefficient (Wildman–Crippen LogP) is 4.74. The van der Waals surface area contributed by atoms with Crippen molar-refractivity contribution in [2.75, 3.05) is 6.61 Å². The zero-order valence-corrected chi connectivity index (χ0v) is 15.5. The minimum absolute atomic E-state index is 0.0427. The molecule has 0 spiro atoms. The van der Waals surface area contributed by atoms with E-state index in [0.717, 1.165) is 23.3 Å². The number of aromatic nitrogens is 4. The lowest BCUT2D eigenvalue weighted by Gasteiger charge is -2.09. The molecule has 3 aromatic heterocycles. The fraction of sp³-hybridized carbons (Fsp3) is 0.389. The van der Waals surface area contributed by atoms with E-state index in [9.17, 15) is 8.78 Å². The summed E-state index contributed by atoms with van der Waals surface area (Å²) >= 11 is 12.2. The van der Waals surface area contributed by atoms with Gasteiger partial charge in [0, 0.05) is 48.3 Å². The topological polar surface area (TPSA) is 52.3 Å². The average Bonchev–Trinajstić information content (AvgIpc) is 3.47. The fourth-order valence-corrected chi connectivity index (χ4v) is 3.79. The van der Waals surface area contributed by atoms with Gasteiger partial charge in [-0.05, 0) is 18.4 Å². The SMILES string of the molecule is FC1(F)CC1COc1cc([C@H]2CC2c2cc(Cl)nn3ccnc23)ncc1Cl. The predicted molar refractivity (Wildman–Crippen MR) is 95.9 cm³/mol. The molecule has 2 unspecified atom stereocenters. The third kappa shape index (κ3) is 3.12. The van der Waals surface area contributed by atoms with E-state index in [1.54, 1.807) is 23.0 Å². The van der Waals surface area contributed by atoms with Crippen LogP contribution in [0.1, 0.15) is 35.9 Å². The van der Waals surface area contributed by atoms with Crippen molar-refractivity contribution >= 4 is 28.8 Å². The molecule has 5 nitrogen and oxygen atoms in total. The summed E-state index contributed by atoms with van der Waals surface area (Å²) in [7, 11) is 0. The second kappa shape index (κ2) is 6.01. The van der Waals surface area contributed by atoms with Crippen LogP contribution in [0.25, 0.3) is 5.65 Å². The minimum atomic E-state index is -2.61. The van der Waals surface area contributed by atoms with Crippen molar-refractivity contribution in [2.24, 2.45) is 5.92 Å². The van der Waals surface area contributed by atoms with Gasteiger partial charge < -0.3 is 4.74 Å². The zero-order chi connectivity index (χ0) is 18.8. The first-order chi connectivity index (χ1) is 12.9. The average molecular weight is 411 g/mol. The van der Waals surface area contributed by atoms with Crippen molar-refractivity contribution in [3.63, 3.8) is 0 Å². The highest BCUT2D eigenvalue weighted by molar-refractivity contribution is 6.31. The third-order valence-corrected chi connectivity index (χ3v) is 5.63. The van der Waals surface area contributed by atoms with Gasteiger partial charge in [-0.2, -0.15) is 5.10 Å². The lowest BCUT2D eigenvalue weighted by molar-refractivity contribution is 0.0856. The molecule has 2 fully saturated rings. The Labute approximate surface area is 163 Å². The van der Waals surface area contributed by atoms with Crippen LogP contribution in [0.2, 0.25) is 10.2 Å². The summed E-state index contributed by atoms with van der Waals surface area (Å²) in [5.74, 6) is -2.56. The van der Waals surface area contributed by atoms with Crippen LogP contribution in [-0.4, -0.2) is 32.1 Å². The molecule has 27 heavy (non-hydrogen) atoms. The molecule has 2 saturated carbocycles. The van der Waals surface area contributed by atoms with Gasteiger partial charge in [0.15, 0.2) is 5.65 Å². The van der Waals surface area contributed by atoms with Gasteiger partial charge in [0.25, 0.3) is 5.92 Å². The Kier molecular flexibility index (Phi) is 3.81. The van der Waals surface area contributed by atoms with Gasteiger partial charge in [-0.25, -0.2) is 18.3 Å². The molecule has 0 amide bonds. The molecular formula is C18H14Cl2F2N4O. The number of nitrogens with zero attached hydrogens (tertiary/aromatic N) is 4. The van der Waals surface area contributed by atoms with Crippen molar-refractivity contribution in [3.05, 3.63) is 52.2 Å². The minimum Gasteiger partial charge on any atom is -0.491 e. The highest BCUT2D eigenvalue weighted by Gasteiger charge is 2.57. The summed E-state index contributed by atoms with van der Waals surface area (Å²) in [4.78, 5) is 8.76. The van der Waals surface area contributed by atoms with Gasteiger partial charge in [0.2, 0.25) is 0 Å². The molecule has 2 aliphatic rings. The number of ether oxygens (including phenoxy) is 1. The summed E-state index contributed by atoms with van der Waals surface area (Å²) in [5, 5.41) is 4.92. The Hall–Kier alpha value is -1.99. The quantitative estimate of drug-likeness (QED) is 0.609. The van der Waals surface area contributed by atoms with E-state index in [-0.39, 0.29) is 24.9 Å². The second-order valence-electron chi connectivity index (χ2n) is 7.08. The number of halogens is 4. The first-order valence-electron chi connectivity index (χ1n) is 8.58. The van der Waals surface area contributed by atoms with Crippen LogP contribution in [0.5, 0.6) is 5.75 Å². The van der Waals surface area contributed by atoms with E-state index in [2.05, 4.69) is 15.1 Å². The normalized spacial score (nSPS) is 25.6. The van der Waals surface area contributed by atoms with E-state index >= 15 is 0 Å². The van der Waals surface area contributed by atoms with Gasteiger partial charge in [-0.15, -0.1) is 0 Å². The monoisotopic (exact) mass is 410 g/mol. The Morgan fingerprint density at radius 1 is 1.22 bits per heavy atom.